The molecule has 0 saturated carbocycles. The lowest BCUT2D eigenvalue weighted by Crippen LogP contribution is -2.42. The van der Waals surface area contributed by atoms with E-state index < -0.39 is 12.0 Å². The summed E-state index contributed by atoms with van der Waals surface area (Å²) in [5.41, 5.74) is 6.89. The molecular formula is C15H22N2O3. The predicted molar refractivity (Wildman–Crippen MR) is 77.1 cm³/mol. The third kappa shape index (κ3) is 4.66. The zero-order valence-corrected chi connectivity index (χ0v) is 12.0. The molecule has 2 atom stereocenters. The predicted octanol–water partition coefficient (Wildman–Crippen LogP) is 1.79. The van der Waals surface area contributed by atoms with Crippen LogP contribution in [0.4, 0.5) is 0 Å². The number of hydrogen-bond acceptors (Lipinski definition) is 3. The fourth-order valence-electron chi connectivity index (χ4n) is 1.98. The van der Waals surface area contributed by atoms with Crippen LogP contribution in [0, 0.1) is 0 Å². The van der Waals surface area contributed by atoms with Gasteiger partial charge in [-0.15, -0.1) is 0 Å². The van der Waals surface area contributed by atoms with Crippen molar-refractivity contribution >= 4 is 11.9 Å². The molecular weight excluding hydrogens is 256 g/mol. The molecule has 0 aliphatic rings. The van der Waals surface area contributed by atoms with Gasteiger partial charge in [-0.2, -0.15) is 0 Å². The van der Waals surface area contributed by atoms with Gasteiger partial charge in [-0.1, -0.05) is 37.3 Å². The second-order valence-corrected chi connectivity index (χ2v) is 4.89. The van der Waals surface area contributed by atoms with Gasteiger partial charge in [0.25, 0.3) is 0 Å². The summed E-state index contributed by atoms with van der Waals surface area (Å²) in [7, 11) is 0. The summed E-state index contributed by atoms with van der Waals surface area (Å²) in [6.45, 7) is 3.48. The number of hydrogen-bond donors (Lipinski definition) is 2. The van der Waals surface area contributed by atoms with Gasteiger partial charge in [0.1, 0.15) is 6.54 Å². The van der Waals surface area contributed by atoms with Crippen LogP contribution in [0.25, 0.3) is 0 Å². The number of carboxylic acid groups (broad SMARTS) is 1. The van der Waals surface area contributed by atoms with E-state index in [0.29, 0.717) is 6.42 Å². The maximum atomic E-state index is 12.2. The van der Waals surface area contributed by atoms with Crippen molar-refractivity contribution < 1.29 is 14.7 Å². The fourth-order valence-corrected chi connectivity index (χ4v) is 1.98. The van der Waals surface area contributed by atoms with Gasteiger partial charge in [-0.05, 0) is 18.9 Å². The highest BCUT2D eigenvalue weighted by molar-refractivity contribution is 5.82. The zero-order valence-electron chi connectivity index (χ0n) is 12.0. The minimum absolute atomic E-state index is 0.110. The second kappa shape index (κ2) is 7.65. The molecule has 0 aromatic heterocycles. The zero-order chi connectivity index (χ0) is 15.1. The maximum Gasteiger partial charge on any atom is 0.323 e. The molecule has 0 aliphatic carbocycles. The van der Waals surface area contributed by atoms with Gasteiger partial charge in [0.15, 0.2) is 0 Å². The van der Waals surface area contributed by atoms with Gasteiger partial charge >= 0.3 is 5.97 Å². The Bertz CT molecular complexity index is 448. The van der Waals surface area contributed by atoms with Gasteiger partial charge in [0.05, 0.1) is 0 Å². The monoisotopic (exact) mass is 278 g/mol. The Morgan fingerprint density at radius 1 is 1.30 bits per heavy atom. The van der Waals surface area contributed by atoms with Crippen molar-refractivity contribution in [3.8, 4) is 0 Å². The summed E-state index contributed by atoms with van der Waals surface area (Å²) >= 11 is 0. The van der Waals surface area contributed by atoms with Crippen LogP contribution < -0.4 is 5.73 Å². The van der Waals surface area contributed by atoms with Gasteiger partial charge < -0.3 is 15.7 Å². The molecule has 20 heavy (non-hydrogen) atoms. The molecule has 0 bridgehead atoms. The smallest absolute Gasteiger partial charge is 0.323 e. The molecule has 0 heterocycles. The van der Waals surface area contributed by atoms with Crippen molar-refractivity contribution in [1.29, 1.82) is 0 Å². The van der Waals surface area contributed by atoms with Crippen LogP contribution in [0.5, 0.6) is 0 Å². The van der Waals surface area contributed by atoms with Gasteiger partial charge in [-0.3, -0.25) is 9.59 Å². The molecule has 2 unspecified atom stereocenters. The van der Waals surface area contributed by atoms with Crippen molar-refractivity contribution in [3.63, 3.8) is 0 Å². The summed E-state index contributed by atoms with van der Waals surface area (Å²) in [5.74, 6) is -1.23. The van der Waals surface area contributed by atoms with Crippen molar-refractivity contribution in [2.24, 2.45) is 5.73 Å². The molecule has 5 heteroatoms. The van der Waals surface area contributed by atoms with Crippen LogP contribution in [0.15, 0.2) is 30.3 Å². The average Bonchev–Trinajstić information content (AvgIpc) is 2.44. The number of nitrogens with two attached hydrogens (primary N) is 1. The number of amides is 1. The topological polar surface area (TPSA) is 83.6 Å². The van der Waals surface area contributed by atoms with Crippen LogP contribution in [0.3, 0.4) is 0 Å². The number of benzene rings is 1. The van der Waals surface area contributed by atoms with Gasteiger partial charge in [-0.25, -0.2) is 0 Å². The Kier molecular flexibility index (Phi) is 6.18. The van der Waals surface area contributed by atoms with E-state index in [1.807, 2.05) is 44.2 Å². The number of nitrogens with zero attached hydrogens (tertiary/aromatic N) is 1. The molecule has 3 N–H and O–H groups in total. The lowest BCUT2D eigenvalue weighted by Gasteiger charge is -2.28. The molecule has 1 aromatic rings. The van der Waals surface area contributed by atoms with E-state index in [2.05, 4.69) is 0 Å². The van der Waals surface area contributed by atoms with Crippen molar-refractivity contribution in [1.82, 2.24) is 4.90 Å². The summed E-state index contributed by atoms with van der Waals surface area (Å²) < 4.78 is 0. The maximum absolute atomic E-state index is 12.2. The summed E-state index contributed by atoms with van der Waals surface area (Å²) in [5, 5.41) is 8.90. The van der Waals surface area contributed by atoms with Gasteiger partial charge in [0, 0.05) is 18.5 Å². The number of carbonyl (C=O) groups excluding carboxylic acids is 1. The van der Waals surface area contributed by atoms with E-state index in [9.17, 15) is 9.59 Å². The van der Waals surface area contributed by atoms with Crippen molar-refractivity contribution in [2.75, 3.05) is 6.54 Å². The first kappa shape index (κ1) is 16.2. The number of aliphatic carboxylic acids is 1. The lowest BCUT2D eigenvalue weighted by molar-refractivity contribution is -0.146. The molecule has 0 fully saturated rings. The van der Waals surface area contributed by atoms with E-state index in [0.717, 1.165) is 5.56 Å². The average molecular weight is 278 g/mol. The minimum Gasteiger partial charge on any atom is -0.480 e. The molecule has 1 rings (SSSR count). The SMILES string of the molecule is CCC(C)N(CC(=O)O)C(=O)CC(N)c1ccccc1. The van der Waals surface area contributed by atoms with Gasteiger partial charge in [0.2, 0.25) is 5.91 Å². The van der Waals surface area contributed by atoms with Crippen LogP contribution in [-0.2, 0) is 9.59 Å². The van der Waals surface area contributed by atoms with E-state index in [4.69, 9.17) is 10.8 Å². The normalized spacial score (nSPS) is 13.6. The van der Waals surface area contributed by atoms with E-state index in [-0.39, 0.29) is 24.9 Å². The third-order valence-corrected chi connectivity index (χ3v) is 3.37. The first-order valence-electron chi connectivity index (χ1n) is 6.77. The highest BCUT2D eigenvalue weighted by atomic mass is 16.4. The molecule has 0 spiro atoms. The van der Waals surface area contributed by atoms with E-state index in [1.54, 1.807) is 0 Å². The highest BCUT2D eigenvalue weighted by Crippen LogP contribution is 2.16. The number of carboxylic acids is 1. The number of rotatable bonds is 7. The summed E-state index contributed by atoms with van der Waals surface area (Å²) in [4.78, 5) is 24.5. The molecule has 0 saturated heterocycles. The Labute approximate surface area is 119 Å². The lowest BCUT2D eigenvalue weighted by atomic mass is 10.0. The Balaban J connectivity index is 2.73. The Hall–Kier alpha value is -1.88. The molecule has 1 aromatic carbocycles. The molecule has 110 valence electrons. The molecule has 0 aliphatic heterocycles. The van der Waals surface area contributed by atoms with Crippen LogP contribution in [0.1, 0.15) is 38.3 Å². The first-order chi connectivity index (χ1) is 9.45. The van der Waals surface area contributed by atoms with E-state index in [1.165, 1.54) is 4.90 Å². The first-order valence-corrected chi connectivity index (χ1v) is 6.77. The Morgan fingerprint density at radius 2 is 1.90 bits per heavy atom. The van der Waals surface area contributed by atoms with Crippen LogP contribution in [-0.4, -0.2) is 34.5 Å². The van der Waals surface area contributed by atoms with Crippen LogP contribution in [0.2, 0.25) is 0 Å². The van der Waals surface area contributed by atoms with Crippen molar-refractivity contribution in [2.45, 2.75) is 38.8 Å². The van der Waals surface area contributed by atoms with E-state index >= 15 is 0 Å². The summed E-state index contributed by atoms with van der Waals surface area (Å²) in [6.07, 6.45) is 0.821. The summed E-state index contributed by atoms with van der Waals surface area (Å²) in [6, 6.07) is 8.82. The molecule has 1 amide bonds. The number of carbonyl (C=O) groups is 2. The van der Waals surface area contributed by atoms with Crippen molar-refractivity contribution in [3.05, 3.63) is 35.9 Å². The van der Waals surface area contributed by atoms with Crippen LogP contribution >= 0.6 is 0 Å². The minimum atomic E-state index is -1.01. The third-order valence-electron chi connectivity index (χ3n) is 3.37. The largest absolute Gasteiger partial charge is 0.480 e. The highest BCUT2D eigenvalue weighted by Gasteiger charge is 2.23. The Morgan fingerprint density at radius 3 is 2.40 bits per heavy atom. The standard InChI is InChI=1S/C15H22N2O3/c1-3-11(2)17(10-15(19)20)14(18)9-13(16)12-7-5-4-6-8-12/h4-8,11,13H,3,9-10,16H2,1-2H3,(H,19,20). The second-order valence-electron chi connectivity index (χ2n) is 4.89. The molecule has 0 radical (unpaired) electrons. The fraction of sp³-hybridized carbons (Fsp3) is 0.467. The molecule has 5 nitrogen and oxygen atoms in total. The quantitative estimate of drug-likeness (QED) is 0.796.